The van der Waals surface area contributed by atoms with Crippen molar-refractivity contribution in [3.63, 3.8) is 0 Å². The number of nitrogens with one attached hydrogen (secondary N) is 2. The van der Waals surface area contributed by atoms with Crippen molar-refractivity contribution in [3.05, 3.63) is 11.8 Å². The number of hydrogen-bond acceptors (Lipinski definition) is 3. The van der Waals surface area contributed by atoms with Gasteiger partial charge in [0.15, 0.2) is 5.82 Å². The van der Waals surface area contributed by atoms with Gasteiger partial charge in [0, 0.05) is 11.8 Å². The van der Waals surface area contributed by atoms with Gasteiger partial charge < -0.3 is 5.32 Å². The number of H-pyrrole nitrogens is 1. The number of carbonyl (C=O) groups excluding carboxylic acids is 1. The van der Waals surface area contributed by atoms with Crippen molar-refractivity contribution >= 4 is 23.5 Å². The standard InChI is InChI=1S/C12H19N3OS/c1-3-5-9-8-10(15-14-9)13-11(16)12(2)6-4-7-17-12/h8H,3-7H2,1-2H3,(H2,13,14,15,16). The van der Waals surface area contributed by atoms with Crippen LogP contribution in [-0.2, 0) is 11.2 Å². The van der Waals surface area contributed by atoms with Crippen LogP contribution in [0.15, 0.2) is 6.07 Å². The predicted octanol–water partition coefficient (Wildman–Crippen LogP) is 2.59. The van der Waals surface area contributed by atoms with E-state index in [0.29, 0.717) is 5.82 Å². The summed E-state index contributed by atoms with van der Waals surface area (Å²) in [4.78, 5) is 12.1. The van der Waals surface area contributed by atoms with Crippen molar-refractivity contribution in [2.45, 2.75) is 44.3 Å². The Labute approximate surface area is 106 Å². The number of thioether (sulfide) groups is 1. The van der Waals surface area contributed by atoms with Gasteiger partial charge in [-0.15, -0.1) is 11.8 Å². The Kier molecular flexibility index (Phi) is 3.76. The number of aryl methyl sites for hydroxylation is 1. The van der Waals surface area contributed by atoms with E-state index in [-0.39, 0.29) is 10.7 Å². The van der Waals surface area contributed by atoms with Crippen molar-refractivity contribution in [1.29, 1.82) is 0 Å². The van der Waals surface area contributed by atoms with E-state index in [1.165, 1.54) is 0 Å². The third-order valence-corrected chi connectivity index (χ3v) is 4.61. The first-order chi connectivity index (χ1) is 8.14. The van der Waals surface area contributed by atoms with Gasteiger partial charge in [-0.2, -0.15) is 5.10 Å². The van der Waals surface area contributed by atoms with Crippen LogP contribution in [0.3, 0.4) is 0 Å². The molecule has 2 N–H and O–H groups in total. The molecule has 17 heavy (non-hydrogen) atoms. The average Bonchev–Trinajstić information content (AvgIpc) is 2.90. The number of nitrogens with zero attached hydrogens (tertiary/aromatic N) is 1. The number of rotatable bonds is 4. The first-order valence-corrected chi connectivity index (χ1v) is 7.12. The Hall–Kier alpha value is -0.970. The molecule has 1 amide bonds. The van der Waals surface area contributed by atoms with Gasteiger partial charge in [-0.05, 0) is 31.9 Å². The molecule has 1 unspecified atom stereocenters. The van der Waals surface area contributed by atoms with Crippen LogP contribution in [0.1, 0.15) is 38.8 Å². The zero-order chi connectivity index (χ0) is 12.3. The first kappa shape index (κ1) is 12.5. The molecule has 1 fully saturated rings. The fraction of sp³-hybridized carbons (Fsp3) is 0.667. The highest BCUT2D eigenvalue weighted by atomic mass is 32.2. The van der Waals surface area contributed by atoms with E-state index in [1.807, 2.05) is 13.0 Å². The van der Waals surface area contributed by atoms with Crippen LogP contribution in [0.5, 0.6) is 0 Å². The molecule has 2 heterocycles. The van der Waals surface area contributed by atoms with Gasteiger partial charge in [-0.25, -0.2) is 0 Å². The summed E-state index contributed by atoms with van der Waals surface area (Å²) in [5.74, 6) is 1.80. The van der Waals surface area contributed by atoms with Crippen molar-refractivity contribution in [2.75, 3.05) is 11.1 Å². The Bertz CT molecular complexity index is 396. The number of anilines is 1. The van der Waals surface area contributed by atoms with E-state index in [4.69, 9.17) is 0 Å². The number of aromatic amines is 1. The molecule has 1 saturated heterocycles. The molecular weight excluding hydrogens is 234 g/mol. The van der Waals surface area contributed by atoms with Crippen molar-refractivity contribution in [2.24, 2.45) is 0 Å². The van der Waals surface area contributed by atoms with Crippen LogP contribution in [0.4, 0.5) is 5.82 Å². The van der Waals surface area contributed by atoms with E-state index < -0.39 is 0 Å². The van der Waals surface area contributed by atoms with Gasteiger partial charge in [0.25, 0.3) is 0 Å². The molecule has 0 saturated carbocycles. The summed E-state index contributed by atoms with van der Waals surface area (Å²) in [5, 5.41) is 9.96. The number of hydrogen-bond donors (Lipinski definition) is 2. The Morgan fingerprint density at radius 2 is 2.53 bits per heavy atom. The van der Waals surface area contributed by atoms with Crippen molar-refractivity contribution in [3.8, 4) is 0 Å². The maximum Gasteiger partial charge on any atom is 0.241 e. The largest absolute Gasteiger partial charge is 0.308 e. The zero-order valence-electron chi connectivity index (χ0n) is 10.4. The molecule has 2 rings (SSSR count). The normalized spacial score (nSPS) is 23.9. The smallest absolute Gasteiger partial charge is 0.241 e. The minimum absolute atomic E-state index is 0.0783. The summed E-state index contributed by atoms with van der Waals surface area (Å²) in [7, 11) is 0. The Balaban J connectivity index is 1.97. The molecular formula is C12H19N3OS. The van der Waals surface area contributed by atoms with Gasteiger partial charge in [0.1, 0.15) is 0 Å². The molecule has 0 radical (unpaired) electrons. The highest BCUT2D eigenvalue weighted by Crippen LogP contribution is 2.38. The van der Waals surface area contributed by atoms with E-state index >= 15 is 0 Å². The second kappa shape index (κ2) is 5.12. The lowest BCUT2D eigenvalue weighted by Crippen LogP contribution is -2.34. The third-order valence-electron chi connectivity index (χ3n) is 3.09. The molecule has 0 bridgehead atoms. The van der Waals surface area contributed by atoms with Crippen LogP contribution in [0, 0.1) is 0 Å². The van der Waals surface area contributed by atoms with Gasteiger partial charge in [-0.3, -0.25) is 9.89 Å². The molecule has 1 aromatic heterocycles. The fourth-order valence-corrected chi connectivity index (χ4v) is 3.24. The summed E-state index contributed by atoms with van der Waals surface area (Å²) in [5.41, 5.74) is 1.08. The predicted molar refractivity (Wildman–Crippen MR) is 71.3 cm³/mol. The Morgan fingerprint density at radius 1 is 1.71 bits per heavy atom. The summed E-state index contributed by atoms with van der Waals surface area (Å²) in [6, 6.07) is 1.92. The molecule has 1 aromatic rings. The van der Waals surface area contributed by atoms with Crippen LogP contribution >= 0.6 is 11.8 Å². The molecule has 1 aliphatic rings. The van der Waals surface area contributed by atoms with E-state index in [2.05, 4.69) is 22.4 Å². The molecule has 5 heteroatoms. The van der Waals surface area contributed by atoms with Crippen LogP contribution in [0.25, 0.3) is 0 Å². The number of carbonyl (C=O) groups is 1. The van der Waals surface area contributed by atoms with Gasteiger partial charge in [-0.1, -0.05) is 13.3 Å². The number of amides is 1. The summed E-state index contributed by atoms with van der Waals surface area (Å²) in [6.45, 7) is 4.13. The highest BCUT2D eigenvalue weighted by Gasteiger charge is 2.37. The quantitative estimate of drug-likeness (QED) is 0.867. The molecule has 4 nitrogen and oxygen atoms in total. The van der Waals surface area contributed by atoms with E-state index in [0.717, 1.165) is 37.1 Å². The lowest BCUT2D eigenvalue weighted by Gasteiger charge is -2.20. The first-order valence-electron chi connectivity index (χ1n) is 6.14. The molecule has 94 valence electrons. The van der Waals surface area contributed by atoms with Crippen molar-refractivity contribution in [1.82, 2.24) is 10.2 Å². The summed E-state index contributed by atoms with van der Waals surface area (Å²) >= 11 is 1.74. The molecule has 0 spiro atoms. The lowest BCUT2D eigenvalue weighted by molar-refractivity contribution is -0.118. The Morgan fingerprint density at radius 3 is 3.18 bits per heavy atom. The average molecular weight is 253 g/mol. The van der Waals surface area contributed by atoms with Gasteiger partial charge >= 0.3 is 0 Å². The monoisotopic (exact) mass is 253 g/mol. The summed E-state index contributed by atoms with van der Waals surface area (Å²) < 4.78 is -0.274. The van der Waals surface area contributed by atoms with Gasteiger partial charge in [0.05, 0.1) is 4.75 Å². The third kappa shape index (κ3) is 2.83. The van der Waals surface area contributed by atoms with Crippen LogP contribution in [-0.4, -0.2) is 26.6 Å². The lowest BCUT2D eigenvalue weighted by atomic mass is 10.1. The van der Waals surface area contributed by atoms with E-state index in [9.17, 15) is 4.79 Å². The van der Waals surface area contributed by atoms with Crippen LogP contribution in [0.2, 0.25) is 0 Å². The minimum atomic E-state index is -0.274. The maximum absolute atomic E-state index is 12.1. The number of aromatic nitrogens is 2. The zero-order valence-corrected chi connectivity index (χ0v) is 11.2. The molecule has 1 aliphatic heterocycles. The van der Waals surface area contributed by atoms with E-state index in [1.54, 1.807) is 11.8 Å². The van der Waals surface area contributed by atoms with Crippen molar-refractivity contribution < 1.29 is 4.79 Å². The highest BCUT2D eigenvalue weighted by molar-refractivity contribution is 8.01. The topological polar surface area (TPSA) is 57.8 Å². The summed E-state index contributed by atoms with van der Waals surface area (Å²) in [6.07, 6.45) is 4.12. The molecule has 0 aromatic carbocycles. The van der Waals surface area contributed by atoms with Gasteiger partial charge in [0.2, 0.25) is 5.91 Å². The minimum Gasteiger partial charge on any atom is -0.308 e. The fourth-order valence-electron chi connectivity index (χ4n) is 2.03. The second-order valence-corrected chi connectivity index (χ2v) is 6.26. The second-order valence-electron chi connectivity index (χ2n) is 4.67. The molecule has 1 atom stereocenters. The SMILES string of the molecule is CCCc1cc(NC(=O)C2(C)CCCS2)n[nH]1. The molecule has 0 aliphatic carbocycles. The van der Waals surface area contributed by atoms with Crippen LogP contribution < -0.4 is 5.32 Å². The maximum atomic E-state index is 12.1.